The minimum Gasteiger partial charge on any atom is -0.472 e. The molecule has 6 heteroatoms. The molecule has 0 aliphatic carbocycles. The summed E-state index contributed by atoms with van der Waals surface area (Å²) >= 11 is 0. The molecule has 26 heavy (non-hydrogen) atoms. The topological polar surface area (TPSA) is 65.8 Å². The molecule has 2 aliphatic rings. The van der Waals surface area contributed by atoms with Gasteiger partial charge in [0.25, 0.3) is 5.91 Å². The van der Waals surface area contributed by atoms with Gasteiger partial charge < -0.3 is 14.6 Å². The molecule has 0 radical (unpaired) electrons. The fourth-order valence-electron chi connectivity index (χ4n) is 4.19. The molecule has 0 aromatic carbocycles. The lowest BCUT2D eigenvalue weighted by atomic mass is 9.92. The molecule has 1 aromatic rings. The van der Waals surface area contributed by atoms with E-state index in [1.54, 1.807) is 6.07 Å². The van der Waals surface area contributed by atoms with Gasteiger partial charge in [0.1, 0.15) is 6.26 Å². The van der Waals surface area contributed by atoms with Gasteiger partial charge in [-0.25, -0.2) is 0 Å². The minimum absolute atomic E-state index is 0.0481. The molecule has 1 N–H and O–H groups in total. The molecule has 3 heterocycles. The van der Waals surface area contributed by atoms with Crippen molar-refractivity contribution in [1.29, 1.82) is 0 Å². The van der Waals surface area contributed by atoms with Gasteiger partial charge in [-0.15, -0.1) is 0 Å². The quantitative estimate of drug-likeness (QED) is 0.810. The highest BCUT2D eigenvalue weighted by molar-refractivity contribution is 5.93. The van der Waals surface area contributed by atoms with Crippen molar-refractivity contribution in [2.45, 2.75) is 51.5 Å². The van der Waals surface area contributed by atoms with E-state index in [9.17, 15) is 9.59 Å². The van der Waals surface area contributed by atoms with Crippen molar-refractivity contribution in [2.75, 3.05) is 32.7 Å². The lowest BCUT2D eigenvalue weighted by molar-refractivity contribution is -0.121. The number of rotatable bonds is 7. The number of furan rings is 1. The Hall–Kier alpha value is -1.82. The van der Waals surface area contributed by atoms with Crippen molar-refractivity contribution in [3.05, 3.63) is 24.2 Å². The first kappa shape index (κ1) is 19.0. The maximum absolute atomic E-state index is 12.3. The van der Waals surface area contributed by atoms with Gasteiger partial charge in [0.2, 0.25) is 5.91 Å². The van der Waals surface area contributed by atoms with E-state index < -0.39 is 0 Å². The van der Waals surface area contributed by atoms with Crippen molar-refractivity contribution in [3.63, 3.8) is 0 Å². The van der Waals surface area contributed by atoms with Gasteiger partial charge in [-0.05, 0) is 57.2 Å². The van der Waals surface area contributed by atoms with Crippen LogP contribution in [0.1, 0.15) is 55.8 Å². The second-order valence-electron chi connectivity index (χ2n) is 7.51. The average molecular weight is 361 g/mol. The van der Waals surface area contributed by atoms with Crippen LogP contribution in [0, 0.1) is 5.92 Å². The Balaban J connectivity index is 1.32. The highest BCUT2D eigenvalue weighted by Gasteiger charge is 2.25. The van der Waals surface area contributed by atoms with Crippen molar-refractivity contribution in [2.24, 2.45) is 5.92 Å². The summed E-state index contributed by atoms with van der Waals surface area (Å²) in [5.41, 5.74) is 0.621. The van der Waals surface area contributed by atoms with Crippen LogP contribution in [0.25, 0.3) is 0 Å². The largest absolute Gasteiger partial charge is 0.472 e. The molecule has 1 aromatic heterocycles. The number of piperidine rings is 1. The summed E-state index contributed by atoms with van der Waals surface area (Å²) < 4.78 is 4.99. The zero-order chi connectivity index (χ0) is 18.4. The first-order valence-corrected chi connectivity index (χ1v) is 9.99. The Labute approximate surface area is 155 Å². The summed E-state index contributed by atoms with van der Waals surface area (Å²) in [6.07, 6.45) is 8.93. The van der Waals surface area contributed by atoms with Gasteiger partial charge in [-0.3, -0.25) is 14.5 Å². The van der Waals surface area contributed by atoms with Gasteiger partial charge >= 0.3 is 0 Å². The Morgan fingerprint density at radius 1 is 1.23 bits per heavy atom. The third-order valence-corrected chi connectivity index (χ3v) is 5.89. The second-order valence-corrected chi connectivity index (χ2v) is 7.51. The molecule has 0 unspecified atom stereocenters. The number of likely N-dealkylation sites (N-methyl/N-ethyl adjacent to an activating group) is 1. The van der Waals surface area contributed by atoms with Crippen LogP contribution in [0.4, 0.5) is 0 Å². The van der Waals surface area contributed by atoms with Crippen LogP contribution in [0.3, 0.4) is 0 Å². The third kappa shape index (κ3) is 4.87. The standard InChI is InChI=1S/C20H31N3O3/c1-2-22-10-3-4-18(22)14-21-19(24)6-5-16-7-11-23(12-8-16)20(25)17-9-13-26-15-17/h9,13,15-16,18H,2-8,10-12,14H2,1H3,(H,21,24)/t18-/m0/s1. The highest BCUT2D eigenvalue weighted by Crippen LogP contribution is 2.23. The summed E-state index contributed by atoms with van der Waals surface area (Å²) in [5.74, 6) is 0.754. The first-order valence-electron chi connectivity index (χ1n) is 9.99. The Morgan fingerprint density at radius 3 is 2.73 bits per heavy atom. The number of hydrogen-bond acceptors (Lipinski definition) is 4. The molecule has 1 atom stereocenters. The van der Waals surface area contributed by atoms with Gasteiger partial charge in [0.05, 0.1) is 11.8 Å². The lowest BCUT2D eigenvalue weighted by Gasteiger charge is -2.31. The van der Waals surface area contributed by atoms with Crippen molar-refractivity contribution in [3.8, 4) is 0 Å². The Morgan fingerprint density at radius 2 is 2.04 bits per heavy atom. The van der Waals surface area contributed by atoms with E-state index in [-0.39, 0.29) is 11.8 Å². The minimum atomic E-state index is 0.0481. The van der Waals surface area contributed by atoms with Crippen LogP contribution in [-0.2, 0) is 4.79 Å². The zero-order valence-electron chi connectivity index (χ0n) is 15.8. The highest BCUT2D eigenvalue weighted by atomic mass is 16.3. The van der Waals surface area contributed by atoms with Crippen molar-refractivity contribution >= 4 is 11.8 Å². The number of hydrogen-bond donors (Lipinski definition) is 1. The smallest absolute Gasteiger partial charge is 0.257 e. The van der Waals surface area contributed by atoms with Crippen LogP contribution in [0.2, 0.25) is 0 Å². The number of carbonyl (C=O) groups is 2. The van der Waals surface area contributed by atoms with E-state index in [1.165, 1.54) is 25.4 Å². The lowest BCUT2D eigenvalue weighted by Crippen LogP contribution is -2.40. The summed E-state index contributed by atoms with van der Waals surface area (Å²) in [6.45, 7) is 6.73. The molecule has 2 aliphatic heterocycles. The van der Waals surface area contributed by atoms with E-state index in [4.69, 9.17) is 4.42 Å². The molecular weight excluding hydrogens is 330 g/mol. The van der Waals surface area contributed by atoms with Crippen molar-refractivity contribution < 1.29 is 14.0 Å². The normalized spacial score (nSPS) is 21.9. The molecule has 0 bridgehead atoms. The molecule has 0 spiro atoms. The number of carbonyl (C=O) groups excluding carboxylic acids is 2. The van der Waals surface area contributed by atoms with E-state index in [0.717, 1.165) is 52.0 Å². The number of likely N-dealkylation sites (tertiary alicyclic amines) is 2. The van der Waals surface area contributed by atoms with E-state index in [2.05, 4.69) is 17.1 Å². The monoisotopic (exact) mass is 361 g/mol. The van der Waals surface area contributed by atoms with E-state index in [0.29, 0.717) is 23.9 Å². The summed E-state index contributed by atoms with van der Waals surface area (Å²) in [5, 5.41) is 3.12. The molecule has 6 nitrogen and oxygen atoms in total. The average Bonchev–Trinajstić information content (AvgIpc) is 3.36. The molecule has 2 amide bonds. The van der Waals surface area contributed by atoms with Crippen LogP contribution >= 0.6 is 0 Å². The number of nitrogens with zero attached hydrogens (tertiary/aromatic N) is 2. The van der Waals surface area contributed by atoms with Gasteiger partial charge in [-0.1, -0.05) is 6.92 Å². The van der Waals surface area contributed by atoms with Crippen molar-refractivity contribution in [1.82, 2.24) is 15.1 Å². The van der Waals surface area contributed by atoms with Gasteiger partial charge in [0, 0.05) is 32.1 Å². The molecule has 0 saturated carbocycles. The van der Waals surface area contributed by atoms with E-state index in [1.807, 2.05) is 4.90 Å². The fraction of sp³-hybridized carbons (Fsp3) is 0.700. The van der Waals surface area contributed by atoms with Crippen LogP contribution < -0.4 is 5.32 Å². The molecule has 2 saturated heterocycles. The number of nitrogens with one attached hydrogen (secondary N) is 1. The van der Waals surface area contributed by atoms with Crippen LogP contribution in [0.5, 0.6) is 0 Å². The summed E-state index contributed by atoms with van der Waals surface area (Å²) in [4.78, 5) is 28.8. The maximum Gasteiger partial charge on any atom is 0.257 e. The first-order chi connectivity index (χ1) is 12.7. The molecule has 3 rings (SSSR count). The SMILES string of the molecule is CCN1CCC[C@H]1CNC(=O)CCC1CCN(C(=O)c2ccoc2)CC1. The van der Waals surface area contributed by atoms with E-state index >= 15 is 0 Å². The predicted molar refractivity (Wildman–Crippen MR) is 99.8 cm³/mol. The second kappa shape index (κ2) is 9.21. The van der Waals surface area contributed by atoms with Gasteiger partial charge in [-0.2, -0.15) is 0 Å². The van der Waals surface area contributed by atoms with Gasteiger partial charge in [0.15, 0.2) is 0 Å². The Bertz CT molecular complexity index is 579. The summed E-state index contributed by atoms with van der Waals surface area (Å²) in [7, 11) is 0. The molecular formula is C20H31N3O3. The Kier molecular flexibility index (Phi) is 6.72. The zero-order valence-corrected chi connectivity index (χ0v) is 15.8. The number of amides is 2. The fourth-order valence-corrected chi connectivity index (χ4v) is 4.19. The maximum atomic E-state index is 12.3. The molecule has 2 fully saturated rings. The molecule has 144 valence electrons. The predicted octanol–water partition coefficient (Wildman–Crippen LogP) is 2.51. The summed E-state index contributed by atoms with van der Waals surface area (Å²) in [6, 6.07) is 2.23. The third-order valence-electron chi connectivity index (χ3n) is 5.89. The van der Waals surface area contributed by atoms with Crippen LogP contribution in [-0.4, -0.2) is 60.4 Å². The van der Waals surface area contributed by atoms with Crippen LogP contribution in [0.15, 0.2) is 23.0 Å².